The predicted octanol–water partition coefficient (Wildman–Crippen LogP) is 4.99. The molecule has 1 heterocycles. The molecular weight excluding hydrogens is 524 g/mol. The lowest BCUT2D eigenvalue weighted by molar-refractivity contribution is -0.112. The number of hydrogen-bond acceptors (Lipinski definition) is 3. The molecule has 0 aromatic heterocycles. The number of anilines is 1. The van der Waals surface area contributed by atoms with Crippen LogP contribution in [-0.4, -0.2) is 13.0 Å². The van der Waals surface area contributed by atoms with Crippen molar-refractivity contribution in [2.75, 3.05) is 12.4 Å². The molecule has 3 rings (SSSR count). The first-order valence-corrected chi connectivity index (χ1v) is 9.39. The van der Waals surface area contributed by atoms with Gasteiger partial charge in [-0.3, -0.25) is 4.79 Å². The first-order valence-electron chi connectivity index (χ1n) is 6.41. The van der Waals surface area contributed by atoms with Gasteiger partial charge in [-0.05, 0) is 81.1 Å². The van der Waals surface area contributed by atoms with Crippen molar-refractivity contribution in [1.82, 2.24) is 0 Å². The third kappa shape index (κ3) is 3.28. The van der Waals surface area contributed by atoms with Gasteiger partial charge in [0, 0.05) is 4.90 Å². The average Bonchev–Trinajstić information content (AvgIpc) is 2.48. The van der Waals surface area contributed by atoms with E-state index < -0.39 is 0 Å². The van der Waals surface area contributed by atoms with Crippen molar-refractivity contribution in [2.45, 2.75) is 4.90 Å². The maximum atomic E-state index is 12.2. The zero-order chi connectivity index (χ0) is 15.7. The van der Waals surface area contributed by atoms with E-state index in [1.165, 1.54) is 11.8 Å². The zero-order valence-corrected chi connectivity index (χ0v) is 16.7. The Morgan fingerprint density at radius 1 is 1.18 bits per heavy atom. The molecule has 0 atom stereocenters. The van der Waals surface area contributed by atoms with Crippen LogP contribution in [0.1, 0.15) is 5.56 Å². The number of rotatable bonds is 2. The summed E-state index contributed by atoms with van der Waals surface area (Å²) in [5, 5.41) is 2.93. The number of methoxy groups -OCH3 is 1. The van der Waals surface area contributed by atoms with Crippen LogP contribution in [0.4, 0.5) is 5.69 Å². The minimum Gasteiger partial charge on any atom is -0.495 e. The molecule has 6 heteroatoms. The summed E-state index contributed by atoms with van der Waals surface area (Å²) < 4.78 is 7.42. The van der Waals surface area contributed by atoms with Crippen molar-refractivity contribution >= 4 is 74.6 Å². The molecule has 0 saturated carbocycles. The molecule has 1 aliphatic rings. The highest BCUT2D eigenvalue weighted by molar-refractivity contribution is 14.1. The standard InChI is InChI=1S/C16H11I2NO2S/c1-21-15-10(17)6-9(7-11(15)18)8-14-16(20)19-12-4-2-3-5-13(12)22-14/h2-8H,1H3,(H,19,20)/b14-8-. The largest absolute Gasteiger partial charge is 0.495 e. The maximum Gasteiger partial charge on any atom is 0.262 e. The highest BCUT2D eigenvalue weighted by Gasteiger charge is 2.20. The van der Waals surface area contributed by atoms with Gasteiger partial charge in [0.05, 0.1) is 24.8 Å². The van der Waals surface area contributed by atoms with Gasteiger partial charge in [-0.25, -0.2) is 0 Å². The quantitative estimate of drug-likeness (QED) is 0.436. The van der Waals surface area contributed by atoms with Gasteiger partial charge in [-0.2, -0.15) is 0 Å². The smallest absolute Gasteiger partial charge is 0.262 e. The molecule has 1 N–H and O–H groups in total. The number of fused-ring (bicyclic) bond motifs is 1. The Labute approximate surface area is 160 Å². The first-order chi connectivity index (χ1) is 10.6. The Kier molecular flexibility index (Phi) is 4.98. The van der Waals surface area contributed by atoms with Crippen LogP contribution in [-0.2, 0) is 4.79 Å². The van der Waals surface area contributed by atoms with Crippen LogP contribution < -0.4 is 10.1 Å². The fourth-order valence-corrected chi connectivity index (χ4v) is 5.32. The Morgan fingerprint density at radius 2 is 1.86 bits per heavy atom. The van der Waals surface area contributed by atoms with Crippen molar-refractivity contribution in [2.24, 2.45) is 0 Å². The lowest BCUT2D eigenvalue weighted by Gasteiger charge is -2.18. The van der Waals surface area contributed by atoms with Gasteiger partial charge in [0.1, 0.15) is 5.75 Å². The molecule has 1 aliphatic heterocycles. The monoisotopic (exact) mass is 535 g/mol. The number of thioether (sulfide) groups is 1. The van der Waals surface area contributed by atoms with Gasteiger partial charge >= 0.3 is 0 Å². The van der Waals surface area contributed by atoms with Crippen LogP contribution >= 0.6 is 56.9 Å². The lowest BCUT2D eigenvalue weighted by atomic mass is 10.2. The number of carbonyl (C=O) groups excluding carboxylic acids is 1. The number of carbonyl (C=O) groups is 1. The molecule has 1 amide bonds. The summed E-state index contributed by atoms with van der Waals surface area (Å²) in [7, 11) is 1.67. The molecule has 0 spiro atoms. The van der Waals surface area contributed by atoms with E-state index in [4.69, 9.17) is 4.74 Å². The number of halogens is 2. The van der Waals surface area contributed by atoms with Gasteiger partial charge in [-0.15, -0.1) is 0 Å². The molecule has 2 aromatic carbocycles. The molecule has 0 unspecified atom stereocenters. The van der Waals surface area contributed by atoms with Crippen LogP contribution in [0.5, 0.6) is 5.75 Å². The minimum atomic E-state index is -0.0652. The number of para-hydroxylation sites is 1. The number of nitrogens with one attached hydrogen (secondary N) is 1. The summed E-state index contributed by atoms with van der Waals surface area (Å²) in [4.78, 5) is 14.0. The normalized spacial score (nSPS) is 15.4. The SMILES string of the molecule is COc1c(I)cc(/C=C2\Sc3ccccc3NC2=O)cc1I. The topological polar surface area (TPSA) is 38.3 Å². The molecule has 112 valence electrons. The minimum absolute atomic E-state index is 0.0652. The molecule has 0 aliphatic carbocycles. The van der Waals surface area contributed by atoms with Gasteiger partial charge in [0.2, 0.25) is 0 Å². The predicted molar refractivity (Wildman–Crippen MR) is 107 cm³/mol. The third-order valence-electron chi connectivity index (χ3n) is 3.10. The fourth-order valence-electron chi connectivity index (χ4n) is 2.11. The summed E-state index contributed by atoms with van der Waals surface area (Å²) in [6, 6.07) is 11.8. The van der Waals surface area contributed by atoms with Crippen LogP contribution in [0.25, 0.3) is 6.08 Å². The summed E-state index contributed by atoms with van der Waals surface area (Å²) >= 11 is 5.98. The molecule has 2 aromatic rings. The number of ether oxygens (including phenoxy) is 1. The van der Waals surface area contributed by atoms with E-state index in [9.17, 15) is 4.79 Å². The van der Waals surface area contributed by atoms with E-state index in [0.717, 1.165) is 29.0 Å². The molecule has 0 bridgehead atoms. The van der Waals surface area contributed by atoms with Crippen molar-refractivity contribution in [3.8, 4) is 5.75 Å². The van der Waals surface area contributed by atoms with Gasteiger partial charge < -0.3 is 10.1 Å². The number of benzene rings is 2. The van der Waals surface area contributed by atoms with Crippen molar-refractivity contribution in [1.29, 1.82) is 0 Å². The number of amides is 1. The second-order valence-electron chi connectivity index (χ2n) is 4.58. The van der Waals surface area contributed by atoms with E-state index in [-0.39, 0.29) is 5.91 Å². The highest BCUT2D eigenvalue weighted by atomic mass is 127. The van der Waals surface area contributed by atoms with E-state index >= 15 is 0 Å². The van der Waals surface area contributed by atoms with Crippen molar-refractivity contribution in [3.63, 3.8) is 0 Å². The van der Waals surface area contributed by atoms with Gasteiger partial charge in [-0.1, -0.05) is 23.9 Å². The van der Waals surface area contributed by atoms with Crippen molar-refractivity contribution < 1.29 is 9.53 Å². The lowest BCUT2D eigenvalue weighted by Crippen LogP contribution is -2.17. The van der Waals surface area contributed by atoms with E-state index in [0.29, 0.717) is 4.91 Å². The zero-order valence-electron chi connectivity index (χ0n) is 11.5. The van der Waals surface area contributed by atoms with Gasteiger partial charge in [0.25, 0.3) is 5.91 Å². The highest BCUT2D eigenvalue weighted by Crippen LogP contribution is 2.39. The molecule has 0 saturated heterocycles. The second-order valence-corrected chi connectivity index (χ2v) is 7.99. The van der Waals surface area contributed by atoms with Crippen LogP contribution in [0.2, 0.25) is 0 Å². The molecule has 22 heavy (non-hydrogen) atoms. The molecule has 0 fully saturated rings. The Balaban J connectivity index is 1.98. The average molecular weight is 535 g/mol. The molecule has 0 radical (unpaired) electrons. The first kappa shape index (κ1) is 16.1. The van der Waals surface area contributed by atoms with E-state index in [1.807, 2.05) is 42.5 Å². The van der Waals surface area contributed by atoms with Crippen LogP contribution in [0, 0.1) is 7.14 Å². The number of hydrogen-bond donors (Lipinski definition) is 1. The summed E-state index contributed by atoms with van der Waals surface area (Å²) in [5.41, 5.74) is 1.86. The Hall–Kier alpha value is -0.740. The van der Waals surface area contributed by atoms with Crippen LogP contribution in [0.15, 0.2) is 46.2 Å². The summed E-state index contributed by atoms with van der Waals surface area (Å²) in [6.45, 7) is 0. The fraction of sp³-hybridized carbons (Fsp3) is 0.0625. The third-order valence-corrected chi connectivity index (χ3v) is 5.80. The van der Waals surface area contributed by atoms with Crippen LogP contribution in [0.3, 0.4) is 0 Å². The summed E-state index contributed by atoms with van der Waals surface area (Å²) in [5.74, 6) is 0.805. The van der Waals surface area contributed by atoms with E-state index in [2.05, 4.69) is 50.5 Å². The Bertz CT molecular complexity index is 766. The molecular formula is C16H11I2NO2S. The Morgan fingerprint density at radius 3 is 2.55 bits per heavy atom. The summed E-state index contributed by atoms with van der Waals surface area (Å²) in [6.07, 6.45) is 1.92. The van der Waals surface area contributed by atoms with Crippen molar-refractivity contribution in [3.05, 3.63) is 54.0 Å². The second kappa shape index (κ2) is 6.79. The maximum absolute atomic E-state index is 12.2. The molecule has 3 nitrogen and oxygen atoms in total. The van der Waals surface area contributed by atoms with Gasteiger partial charge in [0.15, 0.2) is 0 Å². The van der Waals surface area contributed by atoms with E-state index in [1.54, 1.807) is 7.11 Å².